The van der Waals surface area contributed by atoms with Gasteiger partial charge in [-0.1, -0.05) is 5.16 Å². The average molecular weight is 258 g/mol. The number of fused-ring (bicyclic) bond motifs is 1. The quantitative estimate of drug-likeness (QED) is 0.842. The van der Waals surface area contributed by atoms with E-state index in [1.807, 2.05) is 12.3 Å². The third-order valence-corrected chi connectivity index (χ3v) is 4.30. The Morgan fingerprint density at radius 1 is 1.37 bits per heavy atom. The Morgan fingerprint density at radius 2 is 2.37 bits per heavy atom. The van der Waals surface area contributed by atoms with Crippen LogP contribution in [0.2, 0.25) is 0 Å². The molecule has 1 saturated heterocycles. The van der Waals surface area contributed by atoms with Crippen LogP contribution in [0.1, 0.15) is 35.9 Å². The summed E-state index contributed by atoms with van der Waals surface area (Å²) in [4.78, 5) is 2.46. The molecule has 3 heterocycles. The first-order chi connectivity index (χ1) is 9.40. The summed E-state index contributed by atoms with van der Waals surface area (Å²) < 4.78 is 7.50. The van der Waals surface area contributed by atoms with Crippen LogP contribution in [0.15, 0.2) is 23.0 Å². The summed E-state index contributed by atoms with van der Waals surface area (Å²) in [5, 5.41) is 8.59. The molecule has 19 heavy (non-hydrogen) atoms. The molecule has 1 aliphatic heterocycles. The molecule has 5 heteroatoms. The van der Waals surface area contributed by atoms with Crippen molar-refractivity contribution in [1.82, 2.24) is 19.8 Å². The monoisotopic (exact) mass is 258 g/mol. The van der Waals surface area contributed by atoms with Gasteiger partial charge in [-0.2, -0.15) is 5.10 Å². The second-order valence-electron chi connectivity index (χ2n) is 5.55. The van der Waals surface area contributed by atoms with Gasteiger partial charge in [0.1, 0.15) is 11.5 Å². The van der Waals surface area contributed by atoms with Crippen LogP contribution >= 0.6 is 0 Å². The van der Waals surface area contributed by atoms with Gasteiger partial charge >= 0.3 is 0 Å². The van der Waals surface area contributed by atoms with E-state index in [0.29, 0.717) is 6.04 Å². The van der Waals surface area contributed by atoms with Crippen molar-refractivity contribution in [2.45, 2.75) is 38.3 Å². The summed E-state index contributed by atoms with van der Waals surface area (Å²) in [6.07, 6.45) is 8.51. The van der Waals surface area contributed by atoms with Gasteiger partial charge in [-0.05, 0) is 25.3 Å². The fourth-order valence-corrected chi connectivity index (χ4v) is 3.29. The first-order valence-electron chi connectivity index (χ1n) is 7.08. The predicted molar refractivity (Wildman–Crippen MR) is 69.7 cm³/mol. The highest BCUT2D eigenvalue weighted by Crippen LogP contribution is 2.28. The molecule has 0 aromatic carbocycles. The van der Waals surface area contributed by atoms with Crippen LogP contribution in [0.5, 0.6) is 0 Å². The van der Waals surface area contributed by atoms with Crippen molar-refractivity contribution in [2.24, 2.45) is 0 Å². The largest absolute Gasteiger partial charge is 0.361 e. The van der Waals surface area contributed by atoms with Crippen molar-refractivity contribution in [3.05, 3.63) is 35.5 Å². The third kappa shape index (κ3) is 1.98. The minimum atomic E-state index is 0.509. The third-order valence-electron chi connectivity index (χ3n) is 4.30. The lowest BCUT2D eigenvalue weighted by atomic mass is 10.2. The Kier molecular flexibility index (Phi) is 2.65. The molecule has 0 bridgehead atoms. The maximum Gasteiger partial charge on any atom is 0.140 e. The predicted octanol–water partition coefficient (Wildman–Crippen LogP) is 1.81. The molecule has 2 aliphatic rings. The standard InChI is InChI=1S/C14H18N4O/c1-3-12-13(16-19-14(12)4-1)10-17-8-5-11(9-17)18-7-2-6-15-18/h2,6-7,11H,1,3-5,8-10H2. The van der Waals surface area contributed by atoms with Crippen LogP contribution in [0.4, 0.5) is 0 Å². The Bertz CT molecular complexity index is 560. The van der Waals surface area contributed by atoms with Crippen LogP contribution in [0.3, 0.4) is 0 Å². The minimum Gasteiger partial charge on any atom is -0.361 e. The number of hydrogen-bond donors (Lipinski definition) is 0. The lowest BCUT2D eigenvalue weighted by Gasteiger charge is -2.15. The minimum absolute atomic E-state index is 0.509. The zero-order valence-corrected chi connectivity index (χ0v) is 11.0. The lowest BCUT2D eigenvalue weighted by molar-refractivity contribution is 0.295. The highest BCUT2D eigenvalue weighted by atomic mass is 16.5. The Labute approximate surface area is 112 Å². The van der Waals surface area contributed by atoms with Gasteiger partial charge in [0, 0.05) is 44.0 Å². The van der Waals surface area contributed by atoms with E-state index in [1.54, 1.807) is 0 Å². The molecule has 0 amide bonds. The van der Waals surface area contributed by atoms with Crippen LogP contribution in [0, 0.1) is 0 Å². The van der Waals surface area contributed by atoms with E-state index in [0.717, 1.165) is 43.9 Å². The topological polar surface area (TPSA) is 47.1 Å². The zero-order valence-electron chi connectivity index (χ0n) is 11.0. The van der Waals surface area contributed by atoms with E-state index >= 15 is 0 Å². The van der Waals surface area contributed by atoms with E-state index in [1.165, 1.54) is 18.4 Å². The second-order valence-corrected chi connectivity index (χ2v) is 5.55. The molecule has 0 radical (unpaired) electrons. The highest BCUT2D eigenvalue weighted by Gasteiger charge is 2.27. The molecule has 0 spiro atoms. The van der Waals surface area contributed by atoms with Crippen molar-refractivity contribution < 1.29 is 4.52 Å². The molecule has 1 unspecified atom stereocenters. The Morgan fingerprint density at radius 3 is 3.26 bits per heavy atom. The average Bonchev–Trinajstić information content (AvgIpc) is 3.15. The van der Waals surface area contributed by atoms with Gasteiger partial charge in [0.25, 0.3) is 0 Å². The molecule has 100 valence electrons. The first kappa shape index (κ1) is 11.2. The van der Waals surface area contributed by atoms with E-state index in [9.17, 15) is 0 Å². The molecule has 1 atom stereocenters. The molecule has 2 aromatic rings. The van der Waals surface area contributed by atoms with Crippen molar-refractivity contribution in [3.63, 3.8) is 0 Å². The summed E-state index contributed by atoms with van der Waals surface area (Å²) >= 11 is 0. The van der Waals surface area contributed by atoms with E-state index in [4.69, 9.17) is 4.52 Å². The van der Waals surface area contributed by atoms with Gasteiger partial charge in [0.15, 0.2) is 0 Å². The zero-order chi connectivity index (χ0) is 12.7. The molecule has 0 N–H and O–H groups in total. The first-order valence-corrected chi connectivity index (χ1v) is 7.08. The van der Waals surface area contributed by atoms with Crippen LogP contribution in [-0.2, 0) is 19.4 Å². The van der Waals surface area contributed by atoms with Gasteiger partial charge in [-0.25, -0.2) is 0 Å². The number of rotatable bonds is 3. The van der Waals surface area contributed by atoms with Crippen LogP contribution < -0.4 is 0 Å². The summed E-state index contributed by atoms with van der Waals surface area (Å²) in [6, 6.07) is 2.50. The number of hydrogen-bond acceptors (Lipinski definition) is 4. The molecule has 1 fully saturated rings. The van der Waals surface area contributed by atoms with Gasteiger partial charge in [0.2, 0.25) is 0 Å². The fourth-order valence-electron chi connectivity index (χ4n) is 3.29. The van der Waals surface area contributed by atoms with Gasteiger partial charge in [-0.3, -0.25) is 9.58 Å². The maximum absolute atomic E-state index is 5.42. The van der Waals surface area contributed by atoms with Gasteiger partial charge in [0.05, 0.1) is 6.04 Å². The number of nitrogens with zero attached hydrogens (tertiary/aromatic N) is 4. The molecule has 1 aliphatic carbocycles. The van der Waals surface area contributed by atoms with Crippen LogP contribution in [-0.4, -0.2) is 32.9 Å². The van der Waals surface area contributed by atoms with Crippen molar-refractivity contribution in [1.29, 1.82) is 0 Å². The highest BCUT2D eigenvalue weighted by molar-refractivity contribution is 5.27. The number of likely N-dealkylation sites (tertiary alicyclic amines) is 1. The van der Waals surface area contributed by atoms with E-state index in [2.05, 4.69) is 26.0 Å². The number of aryl methyl sites for hydroxylation is 1. The smallest absolute Gasteiger partial charge is 0.140 e. The number of aromatic nitrogens is 3. The van der Waals surface area contributed by atoms with E-state index in [-0.39, 0.29) is 0 Å². The van der Waals surface area contributed by atoms with Crippen molar-refractivity contribution in [2.75, 3.05) is 13.1 Å². The van der Waals surface area contributed by atoms with Crippen molar-refractivity contribution >= 4 is 0 Å². The molecule has 0 saturated carbocycles. The molecule has 5 nitrogen and oxygen atoms in total. The lowest BCUT2D eigenvalue weighted by Crippen LogP contribution is -2.22. The Hall–Kier alpha value is -1.62. The fraction of sp³-hybridized carbons (Fsp3) is 0.571. The summed E-state index contributed by atoms with van der Waals surface area (Å²) in [5.74, 6) is 1.12. The van der Waals surface area contributed by atoms with Crippen LogP contribution in [0.25, 0.3) is 0 Å². The summed E-state index contributed by atoms with van der Waals surface area (Å²) in [6.45, 7) is 3.10. The van der Waals surface area contributed by atoms with Gasteiger partial charge < -0.3 is 4.52 Å². The summed E-state index contributed by atoms with van der Waals surface area (Å²) in [7, 11) is 0. The summed E-state index contributed by atoms with van der Waals surface area (Å²) in [5.41, 5.74) is 2.54. The normalized spacial score (nSPS) is 23.1. The molecular formula is C14H18N4O. The molecular weight excluding hydrogens is 240 g/mol. The van der Waals surface area contributed by atoms with Gasteiger partial charge in [-0.15, -0.1) is 0 Å². The maximum atomic E-state index is 5.42. The second kappa shape index (κ2) is 4.49. The SMILES string of the molecule is c1cnn(C2CCN(Cc3noc4c3CCC4)C2)c1. The molecule has 4 rings (SSSR count). The Balaban J connectivity index is 1.44. The van der Waals surface area contributed by atoms with Crippen molar-refractivity contribution in [3.8, 4) is 0 Å². The molecule has 2 aromatic heterocycles. The van der Waals surface area contributed by atoms with E-state index < -0.39 is 0 Å².